The third-order valence-electron chi connectivity index (χ3n) is 0.909. The Bertz CT molecular complexity index is 141. The Labute approximate surface area is 60.8 Å². The standard InChI is InChI=1S/C7H13NO2/c1-5(2)4-7(10)8-6(3)9/h5H,4H2,1-3H3,(H,8,9,10). The van der Waals surface area contributed by atoms with Gasteiger partial charge in [0.2, 0.25) is 11.8 Å². The summed E-state index contributed by atoms with van der Waals surface area (Å²) >= 11 is 0. The summed E-state index contributed by atoms with van der Waals surface area (Å²) < 4.78 is 0. The first-order chi connectivity index (χ1) is 4.52. The third-order valence-corrected chi connectivity index (χ3v) is 0.909. The van der Waals surface area contributed by atoms with E-state index in [1.54, 1.807) is 0 Å². The maximum absolute atomic E-state index is 10.7. The van der Waals surface area contributed by atoms with Gasteiger partial charge in [-0.15, -0.1) is 0 Å². The number of hydrogen-bond donors (Lipinski definition) is 1. The lowest BCUT2D eigenvalue weighted by molar-refractivity contribution is -0.129. The number of carbonyl (C=O) groups excluding carboxylic acids is 2. The summed E-state index contributed by atoms with van der Waals surface area (Å²) in [5, 5.41) is 2.20. The number of hydrogen-bond acceptors (Lipinski definition) is 2. The minimum absolute atomic E-state index is 0.192. The third kappa shape index (κ3) is 5.28. The van der Waals surface area contributed by atoms with Crippen LogP contribution in [0.1, 0.15) is 27.2 Å². The van der Waals surface area contributed by atoms with Gasteiger partial charge >= 0.3 is 0 Å². The van der Waals surface area contributed by atoms with Crippen molar-refractivity contribution in [2.75, 3.05) is 0 Å². The first-order valence-corrected chi connectivity index (χ1v) is 3.32. The van der Waals surface area contributed by atoms with Crippen molar-refractivity contribution in [3.05, 3.63) is 0 Å². The summed E-state index contributed by atoms with van der Waals surface area (Å²) in [6.45, 7) is 5.19. The maximum atomic E-state index is 10.7. The lowest BCUT2D eigenvalue weighted by atomic mass is 10.1. The Kier molecular flexibility index (Phi) is 3.69. The van der Waals surface area contributed by atoms with Crippen molar-refractivity contribution < 1.29 is 9.59 Å². The molecule has 3 heteroatoms. The molecule has 0 bridgehead atoms. The van der Waals surface area contributed by atoms with Crippen LogP contribution < -0.4 is 5.32 Å². The van der Waals surface area contributed by atoms with E-state index in [1.165, 1.54) is 6.92 Å². The molecule has 0 saturated heterocycles. The smallest absolute Gasteiger partial charge is 0.226 e. The molecular weight excluding hydrogens is 130 g/mol. The van der Waals surface area contributed by atoms with Crippen LogP contribution in [0.4, 0.5) is 0 Å². The van der Waals surface area contributed by atoms with E-state index in [1.807, 2.05) is 13.8 Å². The van der Waals surface area contributed by atoms with Gasteiger partial charge in [-0.25, -0.2) is 0 Å². The number of carbonyl (C=O) groups is 2. The average molecular weight is 143 g/mol. The summed E-state index contributed by atoms with van der Waals surface area (Å²) in [7, 11) is 0. The second-order valence-corrected chi connectivity index (χ2v) is 2.70. The van der Waals surface area contributed by atoms with E-state index in [-0.39, 0.29) is 11.8 Å². The number of rotatable bonds is 2. The maximum Gasteiger partial charge on any atom is 0.226 e. The first-order valence-electron chi connectivity index (χ1n) is 3.32. The number of nitrogens with one attached hydrogen (secondary N) is 1. The van der Waals surface area contributed by atoms with E-state index < -0.39 is 0 Å². The van der Waals surface area contributed by atoms with E-state index in [9.17, 15) is 9.59 Å². The number of imide groups is 1. The molecule has 2 amide bonds. The minimum Gasteiger partial charge on any atom is -0.297 e. The number of amides is 2. The van der Waals surface area contributed by atoms with Gasteiger partial charge in [0.15, 0.2) is 0 Å². The summed E-state index contributed by atoms with van der Waals surface area (Å²) in [5.41, 5.74) is 0. The zero-order valence-electron chi connectivity index (χ0n) is 6.60. The molecule has 0 spiro atoms. The molecular formula is C7H13NO2. The van der Waals surface area contributed by atoms with Gasteiger partial charge in [-0.05, 0) is 5.92 Å². The van der Waals surface area contributed by atoms with E-state index >= 15 is 0 Å². The normalized spacial score (nSPS) is 9.60. The molecule has 0 aromatic heterocycles. The molecule has 58 valence electrons. The zero-order chi connectivity index (χ0) is 8.15. The van der Waals surface area contributed by atoms with Crippen molar-refractivity contribution in [2.45, 2.75) is 27.2 Å². The van der Waals surface area contributed by atoms with Crippen molar-refractivity contribution in [1.29, 1.82) is 0 Å². The lowest BCUT2D eigenvalue weighted by Crippen LogP contribution is -2.28. The fourth-order valence-corrected chi connectivity index (χ4v) is 0.618. The highest BCUT2D eigenvalue weighted by Gasteiger charge is 2.04. The molecule has 0 heterocycles. The molecule has 0 aliphatic rings. The van der Waals surface area contributed by atoms with Crippen LogP contribution in [0.15, 0.2) is 0 Å². The van der Waals surface area contributed by atoms with Crippen LogP contribution in [0.25, 0.3) is 0 Å². The van der Waals surface area contributed by atoms with Gasteiger partial charge in [0, 0.05) is 13.3 Å². The van der Waals surface area contributed by atoms with Gasteiger partial charge in [0.25, 0.3) is 0 Å². The van der Waals surface area contributed by atoms with Crippen LogP contribution in [0.3, 0.4) is 0 Å². The highest BCUT2D eigenvalue weighted by Crippen LogP contribution is 1.97. The second kappa shape index (κ2) is 4.04. The molecule has 0 radical (unpaired) electrons. The molecule has 0 aromatic carbocycles. The van der Waals surface area contributed by atoms with Crippen LogP contribution in [-0.4, -0.2) is 11.8 Å². The van der Waals surface area contributed by atoms with Crippen molar-refractivity contribution in [1.82, 2.24) is 5.32 Å². The van der Waals surface area contributed by atoms with E-state index in [0.29, 0.717) is 12.3 Å². The fraction of sp³-hybridized carbons (Fsp3) is 0.714. The molecule has 3 nitrogen and oxygen atoms in total. The van der Waals surface area contributed by atoms with Gasteiger partial charge in [-0.1, -0.05) is 13.8 Å². The van der Waals surface area contributed by atoms with Crippen molar-refractivity contribution in [3.8, 4) is 0 Å². The predicted molar refractivity (Wildman–Crippen MR) is 38.3 cm³/mol. The average Bonchev–Trinajstić information content (AvgIpc) is 1.58. The molecule has 10 heavy (non-hydrogen) atoms. The van der Waals surface area contributed by atoms with Crippen molar-refractivity contribution in [3.63, 3.8) is 0 Å². The monoisotopic (exact) mass is 143 g/mol. The molecule has 0 saturated carbocycles. The van der Waals surface area contributed by atoms with Crippen LogP contribution in [-0.2, 0) is 9.59 Å². The minimum atomic E-state index is -0.286. The molecule has 1 N–H and O–H groups in total. The summed E-state index contributed by atoms with van der Waals surface area (Å²) in [5.74, 6) is -0.174. The molecule has 0 rings (SSSR count). The fourth-order valence-electron chi connectivity index (χ4n) is 0.618. The molecule has 0 aliphatic heterocycles. The summed E-state index contributed by atoms with van der Waals surface area (Å²) in [6, 6.07) is 0. The van der Waals surface area contributed by atoms with Crippen molar-refractivity contribution >= 4 is 11.8 Å². The Hall–Kier alpha value is -0.860. The highest BCUT2D eigenvalue weighted by molar-refractivity contribution is 5.93. The van der Waals surface area contributed by atoms with Gasteiger partial charge in [-0.2, -0.15) is 0 Å². The van der Waals surface area contributed by atoms with Gasteiger partial charge < -0.3 is 0 Å². The molecule has 0 unspecified atom stereocenters. The second-order valence-electron chi connectivity index (χ2n) is 2.70. The molecule has 0 fully saturated rings. The summed E-state index contributed by atoms with van der Waals surface area (Å²) in [6.07, 6.45) is 0.416. The SMILES string of the molecule is CC(=O)NC(=O)CC(C)C. The molecule has 0 atom stereocenters. The largest absolute Gasteiger partial charge is 0.297 e. The topological polar surface area (TPSA) is 46.2 Å². The van der Waals surface area contributed by atoms with Crippen LogP contribution >= 0.6 is 0 Å². The van der Waals surface area contributed by atoms with Crippen LogP contribution in [0.5, 0.6) is 0 Å². The molecule has 0 aromatic rings. The predicted octanol–water partition coefficient (Wildman–Crippen LogP) is 0.695. The Morgan fingerprint density at radius 3 is 2.20 bits per heavy atom. The Morgan fingerprint density at radius 2 is 1.90 bits per heavy atom. The first kappa shape index (κ1) is 9.14. The zero-order valence-corrected chi connectivity index (χ0v) is 6.60. The van der Waals surface area contributed by atoms with E-state index in [0.717, 1.165) is 0 Å². The van der Waals surface area contributed by atoms with Gasteiger partial charge in [0.05, 0.1) is 0 Å². The Morgan fingerprint density at radius 1 is 1.40 bits per heavy atom. The lowest BCUT2D eigenvalue weighted by Gasteiger charge is -2.02. The van der Waals surface area contributed by atoms with Gasteiger partial charge in [0.1, 0.15) is 0 Å². The van der Waals surface area contributed by atoms with Gasteiger partial charge in [-0.3, -0.25) is 14.9 Å². The summed E-state index contributed by atoms with van der Waals surface area (Å²) in [4.78, 5) is 21.0. The van der Waals surface area contributed by atoms with Crippen LogP contribution in [0.2, 0.25) is 0 Å². The van der Waals surface area contributed by atoms with E-state index in [4.69, 9.17) is 0 Å². The highest BCUT2D eigenvalue weighted by atomic mass is 16.2. The Balaban J connectivity index is 3.54. The van der Waals surface area contributed by atoms with Crippen molar-refractivity contribution in [2.24, 2.45) is 5.92 Å². The quantitative estimate of drug-likeness (QED) is 0.618. The van der Waals surface area contributed by atoms with Crippen LogP contribution in [0, 0.1) is 5.92 Å². The van der Waals surface area contributed by atoms with E-state index in [2.05, 4.69) is 5.32 Å². The molecule has 0 aliphatic carbocycles.